The van der Waals surface area contributed by atoms with E-state index in [1.165, 1.54) is 6.07 Å². The van der Waals surface area contributed by atoms with Crippen molar-refractivity contribution in [3.8, 4) is 0 Å². The lowest BCUT2D eigenvalue weighted by Crippen LogP contribution is -2.32. The van der Waals surface area contributed by atoms with Gasteiger partial charge >= 0.3 is 0 Å². The van der Waals surface area contributed by atoms with Crippen LogP contribution in [0, 0.1) is 9.39 Å². The first-order chi connectivity index (χ1) is 9.60. The van der Waals surface area contributed by atoms with Crippen LogP contribution in [0.1, 0.15) is 13.8 Å². The van der Waals surface area contributed by atoms with Crippen LogP contribution in [0.2, 0.25) is 0 Å². The van der Waals surface area contributed by atoms with E-state index in [1.54, 1.807) is 6.07 Å². The molecule has 1 aromatic rings. The number of hydrogen-bond acceptors (Lipinski definition) is 4. The Morgan fingerprint density at radius 3 is 2.20 bits per heavy atom. The second kappa shape index (κ2) is 9.36. The second-order valence-corrected chi connectivity index (χ2v) is 5.37. The third kappa shape index (κ3) is 5.41. The molecule has 0 spiro atoms. The van der Waals surface area contributed by atoms with Crippen molar-refractivity contribution in [2.45, 2.75) is 13.8 Å². The van der Waals surface area contributed by atoms with Gasteiger partial charge in [-0.15, -0.1) is 0 Å². The molecule has 114 valence electrons. The van der Waals surface area contributed by atoms with Crippen molar-refractivity contribution in [2.24, 2.45) is 0 Å². The number of nitrogens with two attached hydrogens (primary N) is 1. The van der Waals surface area contributed by atoms with Gasteiger partial charge in [-0.3, -0.25) is 0 Å². The largest absolute Gasteiger partial charge is 0.397 e. The maximum absolute atomic E-state index is 13.7. The summed E-state index contributed by atoms with van der Waals surface area (Å²) in [4.78, 5) is 2.00. The molecule has 1 rings (SSSR count). The first kappa shape index (κ1) is 17.5. The van der Waals surface area contributed by atoms with Crippen molar-refractivity contribution in [1.29, 1.82) is 0 Å². The predicted molar refractivity (Wildman–Crippen MR) is 88.7 cm³/mol. The summed E-state index contributed by atoms with van der Waals surface area (Å²) in [7, 11) is 0. The van der Waals surface area contributed by atoms with Gasteiger partial charge in [0.15, 0.2) is 0 Å². The standard InChI is InChI=1S/C14H22FIN2O2/c1-3-19-7-5-18(6-8-20-4-2)14-9-11(15)12(16)10-13(14)17/h9-10H,3-8,17H2,1-2H3. The Balaban J connectivity index is 2.81. The molecule has 0 radical (unpaired) electrons. The molecule has 1 aromatic carbocycles. The van der Waals surface area contributed by atoms with Crippen molar-refractivity contribution in [3.63, 3.8) is 0 Å². The molecular formula is C14H22FIN2O2. The zero-order valence-corrected chi connectivity index (χ0v) is 14.2. The Morgan fingerprint density at radius 2 is 1.70 bits per heavy atom. The monoisotopic (exact) mass is 396 g/mol. The van der Waals surface area contributed by atoms with E-state index in [2.05, 4.69) is 0 Å². The Bertz CT molecular complexity index is 408. The van der Waals surface area contributed by atoms with Gasteiger partial charge in [0.1, 0.15) is 5.82 Å². The van der Waals surface area contributed by atoms with Crippen molar-refractivity contribution in [2.75, 3.05) is 50.2 Å². The van der Waals surface area contributed by atoms with E-state index in [9.17, 15) is 4.39 Å². The van der Waals surface area contributed by atoms with Gasteiger partial charge in [-0.25, -0.2) is 4.39 Å². The minimum Gasteiger partial charge on any atom is -0.397 e. The van der Waals surface area contributed by atoms with Crippen molar-refractivity contribution in [1.82, 2.24) is 0 Å². The maximum Gasteiger partial charge on any atom is 0.138 e. The number of halogens is 2. The minimum atomic E-state index is -0.257. The van der Waals surface area contributed by atoms with Gasteiger partial charge < -0.3 is 20.1 Å². The highest BCUT2D eigenvalue weighted by Gasteiger charge is 2.13. The number of anilines is 2. The molecule has 0 saturated heterocycles. The third-order valence-corrected chi connectivity index (χ3v) is 3.66. The minimum absolute atomic E-state index is 0.257. The normalized spacial score (nSPS) is 10.8. The summed E-state index contributed by atoms with van der Waals surface area (Å²) >= 11 is 1.94. The average molecular weight is 396 g/mol. The Labute approximate surface area is 133 Å². The van der Waals surface area contributed by atoms with E-state index in [1.807, 2.05) is 41.3 Å². The van der Waals surface area contributed by atoms with Crippen LogP contribution >= 0.6 is 22.6 Å². The number of nitrogens with zero attached hydrogens (tertiary/aromatic N) is 1. The number of benzene rings is 1. The molecule has 0 atom stereocenters. The smallest absolute Gasteiger partial charge is 0.138 e. The molecule has 6 heteroatoms. The van der Waals surface area contributed by atoms with E-state index in [0.29, 0.717) is 54.5 Å². The lowest BCUT2D eigenvalue weighted by molar-refractivity contribution is 0.141. The molecule has 0 amide bonds. The lowest BCUT2D eigenvalue weighted by Gasteiger charge is -2.26. The van der Waals surface area contributed by atoms with Crippen LogP contribution in [-0.4, -0.2) is 39.5 Å². The highest BCUT2D eigenvalue weighted by molar-refractivity contribution is 14.1. The van der Waals surface area contributed by atoms with Crippen molar-refractivity contribution < 1.29 is 13.9 Å². The van der Waals surface area contributed by atoms with Gasteiger partial charge in [0.05, 0.1) is 28.2 Å². The van der Waals surface area contributed by atoms with Crippen LogP contribution in [0.4, 0.5) is 15.8 Å². The van der Waals surface area contributed by atoms with Crippen LogP contribution in [0.25, 0.3) is 0 Å². The molecule has 4 nitrogen and oxygen atoms in total. The number of hydrogen-bond donors (Lipinski definition) is 1. The van der Waals surface area contributed by atoms with Gasteiger partial charge in [-0.05, 0) is 42.5 Å². The van der Waals surface area contributed by atoms with Crippen LogP contribution in [0.15, 0.2) is 12.1 Å². The number of nitrogen functional groups attached to an aromatic ring is 1. The lowest BCUT2D eigenvalue weighted by atomic mass is 10.2. The molecule has 20 heavy (non-hydrogen) atoms. The third-order valence-electron chi connectivity index (χ3n) is 2.83. The summed E-state index contributed by atoms with van der Waals surface area (Å²) < 4.78 is 25.0. The highest BCUT2D eigenvalue weighted by Crippen LogP contribution is 2.27. The second-order valence-electron chi connectivity index (χ2n) is 4.21. The summed E-state index contributed by atoms with van der Waals surface area (Å²) in [6.45, 7) is 7.69. The summed E-state index contributed by atoms with van der Waals surface area (Å²) in [6, 6.07) is 3.13. The quantitative estimate of drug-likeness (QED) is 0.396. The molecular weight excluding hydrogens is 374 g/mol. The molecule has 0 heterocycles. The van der Waals surface area contributed by atoms with E-state index in [0.717, 1.165) is 0 Å². The molecule has 0 aliphatic carbocycles. The van der Waals surface area contributed by atoms with E-state index in [4.69, 9.17) is 15.2 Å². The fourth-order valence-corrected chi connectivity index (χ4v) is 2.31. The Kier molecular flexibility index (Phi) is 8.16. The van der Waals surface area contributed by atoms with Crippen LogP contribution in [0.5, 0.6) is 0 Å². The first-order valence-electron chi connectivity index (χ1n) is 6.75. The fourth-order valence-electron chi connectivity index (χ4n) is 1.82. The molecule has 0 bridgehead atoms. The highest BCUT2D eigenvalue weighted by atomic mass is 127. The Hall–Kier alpha value is -0.600. The summed E-state index contributed by atoms with van der Waals surface area (Å²) in [5, 5.41) is 0. The molecule has 2 N–H and O–H groups in total. The molecule has 0 aliphatic heterocycles. The predicted octanol–water partition coefficient (Wildman–Crippen LogP) is 2.89. The Morgan fingerprint density at radius 1 is 1.15 bits per heavy atom. The summed E-state index contributed by atoms with van der Waals surface area (Å²) in [5.74, 6) is -0.257. The van der Waals surface area contributed by atoms with E-state index in [-0.39, 0.29) is 5.82 Å². The summed E-state index contributed by atoms with van der Waals surface area (Å²) in [5.41, 5.74) is 7.27. The van der Waals surface area contributed by atoms with Gasteiger partial charge in [-0.2, -0.15) is 0 Å². The van der Waals surface area contributed by atoms with E-state index < -0.39 is 0 Å². The van der Waals surface area contributed by atoms with Crippen LogP contribution in [-0.2, 0) is 9.47 Å². The van der Waals surface area contributed by atoms with Gasteiger partial charge in [0.25, 0.3) is 0 Å². The maximum atomic E-state index is 13.7. The SMILES string of the molecule is CCOCCN(CCOCC)c1cc(F)c(I)cc1N. The molecule has 0 unspecified atom stereocenters. The van der Waals surface area contributed by atoms with Crippen molar-refractivity contribution in [3.05, 3.63) is 21.5 Å². The van der Waals surface area contributed by atoms with Crippen LogP contribution in [0.3, 0.4) is 0 Å². The van der Waals surface area contributed by atoms with Crippen molar-refractivity contribution >= 4 is 34.0 Å². The zero-order chi connectivity index (χ0) is 15.0. The zero-order valence-electron chi connectivity index (χ0n) is 12.0. The topological polar surface area (TPSA) is 47.7 Å². The first-order valence-corrected chi connectivity index (χ1v) is 7.83. The number of rotatable bonds is 9. The molecule has 0 saturated carbocycles. The molecule has 0 fully saturated rings. The van der Waals surface area contributed by atoms with Crippen LogP contribution < -0.4 is 10.6 Å². The average Bonchev–Trinajstić information content (AvgIpc) is 2.42. The van der Waals surface area contributed by atoms with Gasteiger partial charge in [0.2, 0.25) is 0 Å². The van der Waals surface area contributed by atoms with E-state index >= 15 is 0 Å². The molecule has 0 aliphatic rings. The van der Waals surface area contributed by atoms with Gasteiger partial charge in [-0.1, -0.05) is 0 Å². The van der Waals surface area contributed by atoms with Gasteiger partial charge in [0, 0.05) is 32.4 Å². The molecule has 0 aromatic heterocycles. The fraction of sp³-hybridized carbons (Fsp3) is 0.571. The number of ether oxygens (including phenoxy) is 2. The summed E-state index contributed by atoms with van der Waals surface area (Å²) in [6.07, 6.45) is 0.